The van der Waals surface area contributed by atoms with Gasteiger partial charge in [-0.3, -0.25) is 9.79 Å². The molecule has 2 unspecified atom stereocenters. The van der Waals surface area contributed by atoms with Crippen molar-refractivity contribution in [3.63, 3.8) is 0 Å². The van der Waals surface area contributed by atoms with Crippen LogP contribution in [0, 0.1) is 12.8 Å². The van der Waals surface area contributed by atoms with Gasteiger partial charge in [-0.25, -0.2) is 0 Å². The fraction of sp³-hybridized carbons (Fsp3) is 0.636. The summed E-state index contributed by atoms with van der Waals surface area (Å²) >= 11 is 0. The smallest absolute Gasteiger partial charge is 0.225 e. The summed E-state index contributed by atoms with van der Waals surface area (Å²) in [5.41, 5.74) is 2.05. The molecule has 1 aliphatic carbocycles. The first-order chi connectivity index (χ1) is 13.6. The van der Waals surface area contributed by atoms with Gasteiger partial charge in [0.1, 0.15) is 0 Å². The number of guanidine groups is 1. The maximum atomic E-state index is 12.6. The Bertz CT molecular complexity index is 674. The molecule has 1 aromatic carbocycles. The molecule has 162 valence electrons. The molecule has 1 saturated carbocycles. The van der Waals surface area contributed by atoms with Crippen molar-refractivity contribution in [3.05, 3.63) is 35.4 Å². The van der Waals surface area contributed by atoms with Crippen molar-refractivity contribution in [1.29, 1.82) is 0 Å². The van der Waals surface area contributed by atoms with E-state index in [1.54, 1.807) is 0 Å². The van der Waals surface area contributed by atoms with Gasteiger partial charge in [0.2, 0.25) is 5.91 Å². The second-order valence-electron chi connectivity index (χ2n) is 8.04. The first-order valence-corrected chi connectivity index (χ1v) is 10.6. The molecule has 0 bridgehead atoms. The minimum atomic E-state index is -0.625. The van der Waals surface area contributed by atoms with Crippen molar-refractivity contribution in [2.45, 2.75) is 58.1 Å². The number of hydrogen-bond donors (Lipinski definition) is 3. The highest BCUT2D eigenvalue weighted by Gasteiger charge is 2.32. The van der Waals surface area contributed by atoms with E-state index >= 15 is 0 Å². The quantitative estimate of drug-likeness (QED) is 0.310. The third kappa shape index (κ3) is 6.84. The van der Waals surface area contributed by atoms with Crippen molar-refractivity contribution >= 4 is 35.8 Å². The molecule has 2 atom stereocenters. The second-order valence-corrected chi connectivity index (χ2v) is 8.04. The lowest BCUT2D eigenvalue weighted by atomic mass is 10.1. The molecule has 6 nitrogen and oxygen atoms in total. The van der Waals surface area contributed by atoms with Crippen LogP contribution in [0.2, 0.25) is 0 Å². The van der Waals surface area contributed by atoms with Gasteiger partial charge in [0.15, 0.2) is 5.96 Å². The Labute approximate surface area is 191 Å². The maximum Gasteiger partial charge on any atom is 0.225 e. The summed E-state index contributed by atoms with van der Waals surface area (Å²) in [6, 6.07) is 8.10. The second kappa shape index (κ2) is 11.7. The van der Waals surface area contributed by atoms with Crippen LogP contribution in [0.5, 0.6) is 0 Å². The summed E-state index contributed by atoms with van der Waals surface area (Å²) in [7, 11) is 0. The molecule has 3 rings (SSSR count). The number of aryl methyl sites for hydroxylation is 1. The molecule has 3 N–H and O–H groups in total. The summed E-state index contributed by atoms with van der Waals surface area (Å²) in [4.78, 5) is 19.2. The summed E-state index contributed by atoms with van der Waals surface area (Å²) in [6.07, 6.45) is 4.78. The third-order valence-corrected chi connectivity index (χ3v) is 5.77. The molecule has 1 saturated heterocycles. The number of aliphatic imine (C=N–C) groups is 1. The first-order valence-electron chi connectivity index (χ1n) is 10.6. The molecule has 0 aromatic heterocycles. The van der Waals surface area contributed by atoms with Gasteiger partial charge >= 0.3 is 0 Å². The van der Waals surface area contributed by atoms with E-state index in [4.69, 9.17) is 0 Å². The molecule has 7 heteroatoms. The van der Waals surface area contributed by atoms with E-state index in [0.29, 0.717) is 18.4 Å². The first kappa shape index (κ1) is 23.9. The highest BCUT2D eigenvalue weighted by atomic mass is 127. The van der Waals surface area contributed by atoms with E-state index in [-0.39, 0.29) is 35.9 Å². The summed E-state index contributed by atoms with van der Waals surface area (Å²) < 4.78 is 0. The van der Waals surface area contributed by atoms with Crippen molar-refractivity contribution < 1.29 is 9.90 Å². The monoisotopic (exact) mass is 514 g/mol. The van der Waals surface area contributed by atoms with Crippen LogP contribution in [0.3, 0.4) is 0 Å². The summed E-state index contributed by atoms with van der Waals surface area (Å²) in [5.74, 6) is 1.28. The Morgan fingerprint density at radius 2 is 1.93 bits per heavy atom. The van der Waals surface area contributed by atoms with Crippen molar-refractivity contribution in [2.75, 3.05) is 26.2 Å². The van der Waals surface area contributed by atoms with E-state index in [0.717, 1.165) is 44.5 Å². The summed E-state index contributed by atoms with van der Waals surface area (Å²) in [5, 5.41) is 17.1. The largest absolute Gasteiger partial charge is 0.386 e. The van der Waals surface area contributed by atoms with Crippen LogP contribution in [0.25, 0.3) is 0 Å². The van der Waals surface area contributed by atoms with Gasteiger partial charge in [-0.05, 0) is 38.7 Å². The van der Waals surface area contributed by atoms with E-state index in [9.17, 15) is 9.90 Å². The Morgan fingerprint density at radius 3 is 2.59 bits per heavy atom. The van der Waals surface area contributed by atoms with Crippen LogP contribution >= 0.6 is 24.0 Å². The number of carbonyl (C=O) groups excluding carboxylic acids is 1. The van der Waals surface area contributed by atoms with Gasteiger partial charge < -0.3 is 20.6 Å². The van der Waals surface area contributed by atoms with Crippen LogP contribution in [0.1, 0.15) is 56.3 Å². The minimum absolute atomic E-state index is 0. The number of halogens is 1. The Morgan fingerprint density at radius 1 is 1.24 bits per heavy atom. The maximum absolute atomic E-state index is 12.6. The number of carbonyl (C=O) groups is 1. The molecule has 1 heterocycles. The van der Waals surface area contributed by atoms with E-state index in [1.807, 2.05) is 43.0 Å². The van der Waals surface area contributed by atoms with Crippen LogP contribution in [-0.2, 0) is 4.79 Å². The van der Waals surface area contributed by atoms with Crippen LogP contribution in [0.15, 0.2) is 29.3 Å². The average Bonchev–Trinajstić information content (AvgIpc) is 3.38. The lowest BCUT2D eigenvalue weighted by molar-refractivity contribution is -0.134. The van der Waals surface area contributed by atoms with Gasteiger partial charge in [0.05, 0.1) is 12.6 Å². The molecule has 1 aromatic rings. The van der Waals surface area contributed by atoms with Crippen LogP contribution < -0.4 is 10.6 Å². The number of likely N-dealkylation sites (tertiary alicyclic amines) is 1. The standard InChI is InChI=1S/C22H34N4O2.HI/c1-3-23-22(24-14-20(27)17-10-8-16(2)9-11-17)25-19-12-13-26(15-19)21(28)18-6-4-5-7-18;/h8-11,18-20,27H,3-7,12-15H2,1-2H3,(H2,23,24,25);1H. The SMILES string of the molecule is CCNC(=NCC(O)c1ccc(C)cc1)NC1CCN(C(=O)C2CCCC2)C1.I. The molecule has 0 radical (unpaired) electrons. The average molecular weight is 514 g/mol. The molecular weight excluding hydrogens is 479 g/mol. The number of benzene rings is 1. The molecule has 0 spiro atoms. The number of nitrogens with one attached hydrogen (secondary N) is 2. The molecule has 2 fully saturated rings. The minimum Gasteiger partial charge on any atom is -0.386 e. The van der Waals surface area contributed by atoms with Gasteiger partial charge in [0, 0.05) is 31.6 Å². The van der Waals surface area contributed by atoms with Gasteiger partial charge in [-0.2, -0.15) is 0 Å². The highest BCUT2D eigenvalue weighted by molar-refractivity contribution is 14.0. The zero-order valence-corrected chi connectivity index (χ0v) is 19.9. The van der Waals surface area contributed by atoms with Crippen LogP contribution in [-0.4, -0.2) is 54.1 Å². The fourth-order valence-electron chi connectivity index (χ4n) is 4.09. The third-order valence-electron chi connectivity index (χ3n) is 5.77. The molecule has 29 heavy (non-hydrogen) atoms. The lowest BCUT2D eigenvalue weighted by Gasteiger charge is -2.21. The van der Waals surface area contributed by atoms with Crippen molar-refractivity contribution in [1.82, 2.24) is 15.5 Å². The fourth-order valence-corrected chi connectivity index (χ4v) is 4.09. The lowest BCUT2D eigenvalue weighted by Crippen LogP contribution is -2.45. The number of rotatable bonds is 6. The highest BCUT2D eigenvalue weighted by Crippen LogP contribution is 2.27. The summed E-state index contributed by atoms with van der Waals surface area (Å²) in [6.45, 7) is 6.67. The zero-order valence-electron chi connectivity index (χ0n) is 17.6. The zero-order chi connectivity index (χ0) is 19.9. The number of nitrogens with zero attached hydrogens (tertiary/aromatic N) is 2. The molecule has 2 aliphatic rings. The van der Waals surface area contributed by atoms with Gasteiger partial charge in [0.25, 0.3) is 0 Å². The topological polar surface area (TPSA) is 77.0 Å². The Balaban J connectivity index is 0.00000300. The van der Waals surface area contributed by atoms with Crippen LogP contribution in [0.4, 0.5) is 0 Å². The van der Waals surface area contributed by atoms with Gasteiger partial charge in [-0.1, -0.05) is 42.7 Å². The predicted octanol–water partition coefficient (Wildman–Crippen LogP) is 2.99. The van der Waals surface area contributed by atoms with E-state index < -0.39 is 6.10 Å². The predicted molar refractivity (Wildman–Crippen MR) is 128 cm³/mol. The molecule has 1 aliphatic heterocycles. The number of aliphatic hydroxyl groups is 1. The number of amides is 1. The molecule has 1 amide bonds. The molecular formula is C22H35IN4O2. The van der Waals surface area contributed by atoms with Gasteiger partial charge in [-0.15, -0.1) is 24.0 Å². The Kier molecular flexibility index (Phi) is 9.68. The number of hydrogen-bond acceptors (Lipinski definition) is 3. The normalized spacial score (nSPS) is 21.0. The van der Waals surface area contributed by atoms with Crippen molar-refractivity contribution in [2.24, 2.45) is 10.9 Å². The van der Waals surface area contributed by atoms with E-state index in [1.165, 1.54) is 18.4 Å². The number of aliphatic hydroxyl groups excluding tert-OH is 1. The Hall–Kier alpha value is -1.35. The van der Waals surface area contributed by atoms with Crippen molar-refractivity contribution in [3.8, 4) is 0 Å². The van der Waals surface area contributed by atoms with E-state index in [2.05, 4.69) is 15.6 Å².